The number of phenols is 1. The fourth-order valence-corrected chi connectivity index (χ4v) is 4.13. The van der Waals surface area contributed by atoms with E-state index in [1.54, 1.807) is 31.3 Å². The Morgan fingerprint density at radius 1 is 0.605 bits per heavy atom. The predicted molar refractivity (Wildman–Crippen MR) is 173 cm³/mol. The molecule has 1 nitrogen and oxygen atoms in total. The van der Waals surface area contributed by atoms with E-state index < -0.39 is 0 Å². The summed E-state index contributed by atoms with van der Waals surface area (Å²) in [7, 11) is 2.97. The standard InChI is InChI=1S/C21H25.C10H8O.2CH3.2ClH.Si.Ti/c1-20(2,3)16-7-9-18-14(12-16)11-15-13-17(21(4,5)6)8-10-19(15)18;11-10-6-5-8-3-1-2-4-9(8)7-10;;;;;;/h7-13H,1-6H3;1-7,11H;2*1H3;2*1H;;/q-1;;2*-1;;;;. The first-order valence-electron chi connectivity index (χ1n) is 11.6. The molecule has 0 amide bonds. The molecule has 0 aliphatic carbocycles. The van der Waals surface area contributed by atoms with Gasteiger partial charge in [0.25, 0.3) is 0 Å². The Hall–Kier alpha value is -1.68. The van der Waals surface area contributed by atoms with E-state index in [1.807, 2.05) is 30.3 Å². The van der Waals surface area contributed by atoms with Crippen LogP contribution >= 0.6 is 24.8 Å². The van der Waals surface area contributed by atoms with Gasteiger partial charge in [0, 0.05) is 0 Å². The zero-order valence-corrected chi connectivity index (χ0v) is 28.0. The van der Waals surface area contributed by atoms with Gasteiger partial charge in [0.1, 0.15) is 5.75 Å². The second-order valence-corrected chi connectivity index (χ2v) is 10.8. The molecule has 0 fully saturated rings. The molecule has 0 saturated heterocycles. The number of fused-ring (bicyclic) bond motifs is 4. The molecule has 0 saturated carbocycles. The van der Waals surface area contributed by atoms with Gasteiger partial charge < -0.3 is 20.0 Å². The van der Waals surface area contributed by atoms with Crippen LogP contribution in [0, 0.1) is 14.9 Å². The fourth-order valence-electron chi connectivity index (χ4n) is 4.13. The summed E-state index contributed by atoms with van der Waals surface area (Å²) in [5, 5.41) is 16.8. The van der Waals surface area contributed by atoms with Crippen LogP contribution in [0.3, 0.4) is 0 Å². The SMILES string of the molecule is CC(C)(C)c1ccc2c(c1)[cH-]c1cc(C(C)(C)C)ccc12.Cl.Cl.Oc1ccc2ccccc2c1.[CH3-].[CH3-].[Si]=[Ti]. The molecule has 0 spiro atoms. The second kappa shape index (κ2) is 15.8. The molecule has 5 aromatic carbocycles. The average molecular weight is 601 g/mol. The van der Waals surface area contributed by atoms with Crippen LogP contribution in [0.5, 0.6) is 5.75 Å². The molecule has 0 heterocycles. The van der Waals surface area contributed by atoms with Crippen LogP contribution in [0.4, 0.5) is 0 Å². The number of aromatic hydroxyl groups is 1. The van der Waals surface area contributed by atoms with Gasteiger partial charge in [-0.05, 0) is 33.7 Å². The summed E-state index contributed by atoms with van der Waals surface area (Å²) < 4.78 is 0. The molecule has 1 N–H and O–H groups in total. The summed E-state index contributed by atoms with van der Waals surface area (Å²) in [4.78, 5) is 0. The first kappa shape index (κ1) is 38.5. The van der Waals surface area contributed by atoms with Crippen LogP contribution in [-0.4, -0.2) is 12.7 Å². The topological polar surface area (TPSA) is 20.2 Å². The van der Waals surface area contributed by atoms with E-state index in [9.17, 15) is 0 Å². The Morgan fingerprint density at radius 3 is 1.45 bits per heavy atom. The van der Waals surface area contributed by atoms with E-state index in [2.05, 4.69) is 91.6 Å². The second-order valence-electron chi connectivity index (χ2n) is 10.8. The average Bonchev–Trinajstić information content (AvgIpc) is 3.17. The van der Waals surface area contributed by atoms with Crippen molar-refractivity contribution in [2.24, 2.45) is 0 Å². The Kier molecular flexibility index (Phi) is 16.0. The van der Waals surface area contributed by atoms with Crippen molar-refractivity contribution >= 4 is 64.8 Å². The number of halogens is 2. The summed E-state index contributed by atoms with van der Waals surface area (Å²) in [6, 6.07) is 29.5. The number of benzene rings is 4. The summed E-state index contributed by atoms with van der Waals surface area (Å²) >= 11 is 1.81. The van der Waals surface area contributed by atoms with Crippen LogP contribution in [0.2, 0.25) is 0 Å². The quantitative estimate of drug-likeness (QED) is 0.139. The summed E-state index contributed by atoms with van der Waals surface area (Å²) in [5.41, 5.74) is 3.21. The van der Waals surface area contributed by atoms with E-state index in [-0.39, 0.29) is 50.5 Å². The molecule has 5 rings (SSSR count). The van der Waals surface area contributed by atoms with Gasteiger partial charge in [0.05, 0.1) is 0 Å². The van der Waals surface area contributed by atoms with Crippen molar-refractivity contribution in [1.29, 1.82) is 0 Å². The van der Waals surface area contributed by atoms with Crippen molar-refractivity contribution in [3.05, 3.63) is 111 Å². The Bertz CT molecular complexity index is 1360. The van der Waals surface area contributed by atoms with Crippen molar-refractivity contribution in [3.8, 4) is 5.75 Å². The van der Waals surface area contributed by atoms with Crippen LogP contribution in [0.25, 0.3) is 32.3 Å². The van der Waals surface area contributed by atoms with E-state index in [0.717, 1.165) is 10.8 Å². The third-order valence-corrected chi connectivity index (χ3v) is 6.17. The maximum absolute atomic E-state index is 9.13. The van der Waals surface area contributed by atoms with Crippen molar-refractivity contribution in [2.75, 3.05) is 0 Å². The third kappa shape index (κ3) is 9.21. The summed E-state index contributed by atoms with van der Waals surface area (Å²) in [6.07, 6.45) is 0. The molecule has 5 heteroatoms. The van der Waals surface area contributed by atoms with Crippen LogP contribution in [-0.2, 0) is 30.0 Å². The van der Waals surface area contributed by atoms with Gasteiger partial charge in [-0.1, -0.05) is 107 Å². The number of hydrogen-bond donors (Lipinski definition) is 1. The normalized spacial score (nSPS) is 10.3. The summed E-state index contributed by atoms with van der Waals surface area (Å²) in [6.45, 7) is 13.6. The van der Waals surface area contributed by atoms with Crippen LogP contribution in [0.1, 0.15) is 52.7 Å². The van der Waals surface area contributed by atoms with Crippen molar-refractivity contribution in [2.45, 2.75) is 52.4 Å². The predicted octanol–water partition coefficient (Wildman–Crippen LogP) is 10.2. The Labute approximate surface area is 256 Å². The van der Waals surface area contributed by atoms with Gasteiger partial charge >= 0.3 is 26.8 Å². The van der Waals surface area contributed by atoms with E-state index in [0.29, 0.717) is 5.75 Å². The van der Waals surface area contributed by atoms with Crippen molar-refractivity contribution < 1.29 is 24.3 Å². The first-order valence-corrected chi connectivity index (χ1v) is 14.4. The molecule has 5 aromatic rings. The molecule has 0 aromatic heterocycles. The molecule has 2 radical (unpaired) electrons. The molecule has 0 bridgehead atoms. The zero-order valence-electron chi connectivity index (χ0n) is 23.8. The van der Waals surface area contributed by atoms with Gasteiger partial charge in [0.15, 0.2) is 0 Å². The molecule has 0 aliphatic heterocycles. The minimum atomic E-state index is 0. The monoisotopic (exact) mass is 599 g/mol. The zero-order chi connectivity index (χ0) is 25.1. The van der Waals surface area contributed by atoms with Gasteiger partial charge in [-0.2, -0.15) is 0 Å². The number of rotatable bonds is 0. The molecule has 0 atom stereocenters. The first-order chi connectivity index (χ1) is 16.0. The molecule has 0 unspecified atom stereocenters. The number of hydrogen-bond acceptors (Lipinski definition) is 1. The van der Waals surface area contributed by atoms with E-state index >= 15 is 0 Å². The summed E-state index contributed by atoms with van der Waals surface area (Å²) in [5.74, 6) is 0.323. The van der Waals surface area contributed by atoms with E-state index in [4.69, 9.17) is 5.11 Å². The molecule has 204 valence electrons. The van der Waals surface area contributed by atoms with Crippen molar-refractivity contribution in [3.63, 3.8) is 0 Å². The third-order valence-electron chi connectivity index (χ3n) is 6.17. The molecular weight excluding hydrogens is 559 g/mol. The van der Waals surface area contributed by atoms with Gasteiger partial charge in [-0.15, -0.1) is 64.6 Å². The van der Waals surface area contributed by atoms with E-state index in [1.165, 1.54) is 32.7 Å². The Morgan fingerprint density at radius 2 is 1.03 bits per heavy atom. The Balaban J connectivity index is 0. The van der Waals surface area contributed by atoms with Gasteiger partial charge in [-0.3, -0.25) is 0 Å². The molecule has 0 aliphatic rings. The molecule has 38 heavy (non-hydrogen) atoms. The van der Waals surface area contributed by atoms with Gasteiger partial charge in [0.2, 0.25) is 0 Å². The van der Waals surface area contributed by atoms with Crippen LogP contribution < -0.4 is 0 Å². The minimum absolute atomic E-state index is 0. The van der Waals surface area contributed by atoms with Crippen LogP contribution in [0.15, 0.2) is 84.9 Å². The fraction of sp³-hybridized carbons (Fsp3) is 0.242. The maximum atomic E-state index is 9.13. The number of phenolic OH excluding ortho intramolecular Hbond substituents is 1. The van der Waals surface area contributed by atoms with Gasteiger partial charge in [-0.25, -0.2) is 0 Å². The van der Waals surface area contributed by atoms with Crippen molar-refractivity contribution in [1.82, 2.24) is 0 Å². The molecular formula is C33H41Cl2OSiTi-3.